The maximum absolute atomic E-state index is 12.5. The van der Waals surface area contributed by atoms with Gasteiger partial charge in [-0.1, -0.05) is 60.2 Å². The van der Waals surface area contributed by atoms with Crippen LogP contribution in [0.2, 0.25) is 0 Å². The van der Waals surface area contributed by atoms with Crippen LogP contribution in [0.1, 0.15) is 21.6 Å². The highest BCUT2D eigenvalue weighted by Crippen LogP contribution is 2.23. The fraction of sp³-hybridized carbons (Fsp3) is 0.0625. The molecule has 1 heterocycles. The van der Waals surface area contributed by atoms with Crippen LogP contribution in [0.5, 0.6) is 0 Å². The Morgan fingerprint density at radius 3 is 2.35 bits per heavy atom. The molecule has 0 N–H and O–H groups in total. The summed E-state index contributed by atoms with van der Waals surface area (Å²) in [6.45, 7) is 1.99. The minimum atomic E-state index is -0.0856. The summed E-state index contributed by atoms with van der Waals surface area (Å²) in [5.74, 6) is -0.0856. The zero-order valence-corrected chi connectivity index (χ0v) is 11.7. The van der Waals surface area contributed by atoms with E-state index in [0.29, 0.717) is 17.0 Å². The molecule has 0 fully saturated rings. The maximum atomic E-state index is 12.5. The Kier molecular flexibility index (Phi) is 3.39. The average Bonchev–Trinajstić information content (AvgIpc) is 2.97. The fourth-order valence-corrected chi connectivity index (χ4v) is 2.53. The van der Waals surface area contributed by atoms with Gasteiger partial charge in [-0.3, -0.25) is 4.79 Å². The second kappa shape index (κ2) is 5.35. The van der Waals surface area contributed by atoms with E-state index in [2.05, 4.69) is 8.75 Å². The number of rotatable bonds is 3. The topological polar surface area (TPSA) is 42.9 Å². The lowest BCUT2D eigenvalue weighted by atomic mass is 10.0. The van der Waals surface area contributed by atoms with Crippen LogP contribution in [-0.4, -0.2) is 14.5 Å². The van der Waals surface area contributed by atoms with Gasteiger partial charge in [-0.25, -0.2) is 0 Å². The van der Waals surface area contributed by atoms with Gasteiger partial charge in [0.25, 0.3) is 0 Å². The van der Waals surface area contributed by atoms with Crippen molar-refractivity contribution < 1.29 is 4.79 Å². The van der Waals surface area contributed by atoms with E-state index in [1.807, 2.05) is 61.5 Å². The summed E-state index contributed by atoms with van der Waals surface area (Å²) in [5.41, 5.74) is 3.75. The molecule has 0 saturated carbocycles. The van der Waals surface area contributed by atoms with E-state index in [1.165, 1.54) is 0 Å². The molecule has 0 saturated heterocycles. The first-order valence-corrected chi connectivity index (χ1v) is 6.98. The largest absolute Gasteiger partial charge is 0.287 e. The summed E-state index contributed by atoms with van der Waals surface area (Å²) in [4.78, 5) is 12.5. The Hall–Kier alpha value is -2.33. The third kappa shape index (κ3) is 2.38. The van der Waals surface area contributed by atoms with Gasteiger partial charge in [-0.05, 0) is 6.92 Å². The molecule has 2 aromatic carbocycles. The lowest BCUT2D eigenvalue weighted by molar-refractivity contribution is 0.103. The summed E-state index contributed by atoms with van der Waals surface area (Å²) in [5, 5.41) is 0. The third-order valence-corrected chi connectivity index (χ3v) is 3.59. The molecule has 0 radical (unpaired) electrons. The second-order valence-electron chi connectivity index (χ2n) is 4.52. The summed E-state index contributed by atoms with van der Waals surface area (Å²) in [6.07, 6.45) is 0. The van der Waals surface area contributed by atoms with E-state index < -0.39 is 0 Å². The van der Waals surface area contributed by atoms with Crippen molar-refractivity contribution in [2.45, 2.75) is 6.92 Å². The first kappa shape index (κ1) is 12.7. The van der Waals surface area contributed by atoms with E-state index in [9.17, 15) is 4.79 Å². The zero-order chi connectivity index (χ0) is 13.9. The number of hydrogen-bond acceptors (Lipinski definition) is 4. The van der Waals surface area contributed by atoms with Gasteiger partial charge in [-0.15, -0.1) is 0 Å². The first-order chi connectivity index (χ1) is 9.75. The first-order valence-electron chi connectivity index (χ1n) is 6.25. The number of aromatic nitrogens is 2. The highest BCUT2D eigenvalue weighted by Gasteiger charge is 2.19. The number of ketones is 1. The molecule has 0 bridgehead atoms. The van der Waals surface area contributed by atoms with Crippen LogP contribution in [0.3, 0.4) is 0 Å². The number of nitrogens with zero attached hydrogens (tertiary/aromatic N) is 2. The molecule has 20 heavy (non-hydrogen) atoms. The Morgan fingerprint density at radius 2 is 1.65 bits per heavy atom. The Labute approximate surface area is 121 Å². The molecule has 3 nitrogen and oxygen atoms in total. The smallest absolute Gasteiger partial charge is 0.214 e. The molecular weight excluding hydrogens is 268 g/mol. The molecule has 0 aliphatic rings. The van der Waals surface area contributed by atoms with Gasteiger partial charge in [0.05, 0.1) is 11.7 Å². The summed E-state index contributed by atoms with van der Waals surface area (Å²) < 4.78 is 8.43. The van der Waals surface area contributed by atoms with Crippen molar-refractivity contribution in [2.75, 3.05) is 0 Å². The molecule has 0 spiro atoms. The maximum Gasteiger partial charge on any atom is 0.214 e. The van der Waals surface area contributed by atoms with Crippen molar-refractivity contribution >= 4 is 17.5 Å². The van der Waals surface area contributed by atoms with Gasteiger partial charge < -0.3 is 0 Å². The van der Waals surface area contributed by atoms with Crippen LogP contribution in [0.25, 0.3) is 11.3 Å². The number of hydrogen-bond donors (Lipinski definition) is 0. The molecular formula is C16H12N2OS. The number of carbonyl (C=O) groups excluding carboxylic acids is 1. The molecule has 0 atom stereocenters. The minimum absolute atomic E-state index is 0.0856. The van der Waals surface area contributed by atoms with Crippen molar-refractivity contribution in [1.82, 2.24) is 8.75 Å². The standard InChI is InChI=1S/C16H12N2OS/c1-11-7-9-13(10-8-11)16(19)15-14(17-20-18-15)12-5-3-2-4-6-12/h2-10H,1H3. The fourth-order valence-electron chi connectivity index (χ4n) is 1.96. The highest BCUT2D eigenvalue weighted by molar-refractivity contribution is 6.99. The lowest BCUT2D eigenvalue weighted by Crippen LogP contribution is -2.03. The van der Waals surface area contributed by atoms with Crippen molar-refractivity contribution in [2.24, 2.45) is 0 Å². The van der Waals surface area contributed by atoms with Gasteiger partial charge in [-0.2, -0.15) is 8.75 Å². The predicted octanol–water partition coefficient (Wildman–Crippen LogP) is 3.74. The van der Waals surface area contributed by atoms with E-state index in [0.717, 1.165) is 22.9 Å². The monoisotopic (exact) mass is 280 g/mol. The molecule has 4 heteroatoms. The quantitative estimate of drug-likeness (QED) is 0.686. The van der Waals surface area contributed by atoms with Gasteiger partial charge in [0.15, 0.2) is 5.69 Å². The second-order valence-corrected chi connectivity index (χ2v) is 5.05. The van der Waals surface area contributed by atoms with Gasteiger partial charge in [0, 0.05) is 11.1 Å². The SMILES string of the molecule is Cc1ccc(C(=O)c2nsnc2-c2ccccc2)cc1. The number of aryl methyl sites for hydroxylation is 1. The van der Waals surface area contributed by atoms with Crippen molar-refractivity contribution in [1.29, 1.82) is 0 Å². The van der Waals surface area contributed by atoms with Crippen LogP contribution in [0.15, 0.2) is 54.6 Å². The molecule has 0 aliphatic heterocycles. The Bertz CT molecular complexity index is 733. The van der Waals surface area contributed by atoms with Gasteiger partial charge >= 0.3 is 0 Å². The third-order valence-electron chi connectivity index (χ3n) is 3.06. The Balaban J connectivity index is 2.02. The molecule has 3 aromatic rings. The van der Waals surface area contributed by atoms with Crippen LogP contribution >= 0.6 is 11.7 Å². The van der Waals surface area contributed by atoms with Crippen LogP contribution in [0, 0.1) is 6.92 Å². The molecule has 3 rings (SSSR count). The molecule has 0 aliphatic carbocycles. The van der Waals surface area contributed by atoms with Crippen LogP contribution < -0.4 is 0 Å². The molecule has 1 aromatic heterocycles. The summed E-state index contributed by atoms with van der Waals surface area (Å²) in [6, 6.07) is 17.2. The average molecular weight is 280 g/mol. The van der Waals surface area contributed by atoms with Crippen molar-refractivity contribution in [3.63, 3.8) is 0 Å². The molecule has 0 amide bonds. The van der Waals surface area contributed by atoms with Crippen molar-refractivity contribution in [3.05, 3.63) is 71.4 Å². The van der Waals surface area contributed by atoms with E-state index >= 15 is 0 Å². The molecule has 0 unspecified atom stereocenters. The van der Waals surface area contributed by atoms with Crippen LogP contribution in [-0.2, 0) is 0 Å². The summed E-state index contributed by atoms with van der Waals surface area (Å²) >= 11 is 1.07. The predicted molar refractivity (Wildman–Crippen MR) is 80.0 cm³/mol. The molecule has 98 valence electrons. The van der Waals surface area contributed by atoms with Crippen LogP contribution in [0.4, 0.5) is 0 Å². The summed E-state index contributed by atoms with van der Waals surface area (Å²) in [7, 11) is 0. The lowest BCUT2D eigenvalue weighted by Gasteiger charge is -2.01. The van der Waals surface area contributed by atoms with E-state index in [-0.39, 0.29) is 5.78 Å². The van der Waals surface area contributed by atoms with Crippen molar-refractivity contribution in [3.8, 4) is 11.3 Å². The normalized spacial score (nSPS) is 10.4. The van der Waals surface area contributed by atoms with E-state index in [4.69, 9.17) is 0 Å². The van der Waals surface area contributed by atoms with Gasteiger partial charge in [0.1, 0.15) is 5.69 Å². The number of benzene rings is 2. The Morgan fingerprint density at radius 1 is 0.950 bits per heavy atom. The number of carbonyl (C=O) groups is 1. The zero-order valence-electron chi connectivity index (χ0n) is 10.9. The van der Waals surface area contributed by atoms with Gasteiger partial charge in [0.2, 0.25) is 5.78 Å². The minimum Gasteiger partial charge on any atom is -0.287 e. The van der Waals surface area contributed by atoms with E-state index in [1.54, 1.807) is 0 Å². The highest BCUT2D eigenvalue weighted by atomic mass is 32.1.